The summed E-state index contributed by atoms with van der Waals surface area (Å²) in [5, 5.41) is 0. The normalized spacial score (nSPS) is 12.3. The Morgan fingerprint density at radius 1 is 1.14 bits per heavy atom. The lowest BCUT2D eigenvalue weighted by atomic mass is 10.1. The molecule has 1 aromatic heterocycles. The van der Waals surface area contributed by atoms with Crippen LogP contribution in [0.5, 0.6) is 0 Å². The van der Waals surface area contributed by atoms with E-state index in [0.717, 1.165) is 16.9 Å². The van der Waals surface area contributed by atoms with Gasteiger partial charge in [0.1, 0.15) is 5.82 Å². The molecule has 2 aromatic carbocycles. The minimum Gasteiger partial charge on any atom is -0.319 e. The van der Waals surface area contributed by atoms with Crippen LogP contribution >= 0.6 is 0 Å². The summed E-state index contributed by atoms with van der Waals surface area (Å²) in [4.78, 5) is 4.16. The fourth-order valence-electron chi connectivity index (χ4n) is 2.31. The van der Waals surface area contributed by atoms with Crippen LogP contribution in [0.4, 0.5) is 4.39 Å². The maximum atomic E-state index is 13.8. The van der Waals surface area contributed by atoms with Gasteiger partial charge in [-0.1, -0.05) is 36.4 Å². The smallest absolute Gasteiger partial charge is 0.128 e. The molecule has 21 heavy (non-hydrogen) atoms. The summed E-state index contributed by atoms with van der Waals surface area (Å²) >= 11 is 0. The monoisotopic (exact) mass is 281 g/mol. The van der Waals surface area contributed by atoms with Crippen molar-refractivity contribution < 1.29 is 4.39 Å². The van der Waals surface area contributed by atoms with Crippen molar-refractivity contribution in [2.45, 2.75) is 13.0 Å². The molecule has 0 aliphatic heterocycles. The van der Waals surface area contributed by atoms with E-state index in [9.17, 15) is 4.39 Å². The maximum absolute atomic E-state index is 13.8. The topological polar surface area (TPSA) is 43.8 Å². The molecule has 2 N–H and O–H groups in total. The van der Waals surface area contributed by atoms with Gasteiger partial charge in [0.05, 0.1) is 24.3 Å². The fraction of sp³-hybridized carbons (Fsp3) is 0.118. The van der Waals surface area contributed by atoms with E-state index in [-0.39, 0.29) is 11.9 Å². The maximum Gasteiger partial charge on any atom is 0.128 e. The van der Waals surface area contributed by atoms with Crippen LogP contribution in [0.15, 0.2) is 61.1 Å². The van der Waals surface area contributed by atoms with Gasteiger partial charge in [-0.2, -0.15) is 0 Å². The van der Waals surface area contributed by atoms with Gasteiger partial charge < -0.3 is 10.3 Å². The van der Waals surface area contributed by atoms with Crippen molar-refractivity contribution in [3.05, 3.63) is 83.7 Å². The largest absolute Gasteiger partial charge is 0.319 e. The number of nitrogens with two attached hydrogens (primary N) is 1. The molecule has 0 aliphatic carbocycles. The minimum atomic E-state index is -0.307. The van der Waals surface area contributed by atoms with Gasteiger partial charge in [0.2, 0.25) is 0 Å². The molecule has 0 bridgehead atoms. The lowest BCUT2D eigenvalue weighted by molar-refractivity contribution is 0.616. The van der Waals surface area contributed by atoms with Crippen LogP contribution in [-0.4, -0.2) is 9.55 Å². The molecule has 1 atom stereocenters. The number of hydrogen-bond acceptors (Lipinski definition) is 2. The fourth-order valence-corrected chi connectivity index (χ4v) is 2.31. The first kappa shape index (κ1) is 13.5. The standard InChI is InChI=1S/C17H16FN3/c1-12-7-8-14(9-15(12)18)21-11-20-10-16(21)17(19)13-5-3-2-4-6-13/h2-11,17H,19H2,1H3. The second kappa shape index (κ2) is 5.50. The highest BCUT2D eigenvalue weighted by molar-refractivity contribution is 5.39. The van der Waals surface area contributed by atoms with E-state index in [1.54, 1.807) is 25.5 Å². The summed E-state index contributed by atoms with van der Waals surface area (Å²) in [6.45, 7) is 1.74. The van der Waals surface area contributed by atoms with Gasteiger partial charge in [0, 0.05) is 5.69 Å². The van der Waals surface area contributed by atoms with E-state index in [1.807, 2.05) is 41.0 Å². The number of rotatable bonds is 3. The van der Waals surface area contributed by atoms with Crippen molar-refractivity contribution >= 4 is 0 Å². The molecular weight excluding hydrogens is 265 g/mol. The summed E-state index contributed by atoms with van der Waals surface area (Å²) in [5.41, 5.74) is 9.47. The quantitative estimate of drug-likeness (QED) is 0.800. The van der Waals surface area contributed by atoms with E-state index in [1.165, 1.54) is 6.07 Å². The van der Waals surface area contributed by atoms with E-state index >= 15 is 0 Å². The van der Waals surface area contributed by atoms with Crippen LogP contribution < -0.4 is 5.73 Å². The third kappa shape index (κ3) is 2.58. The van der Waals surface area contributed by atoms with Gasteiger partial charge in [0.15, 0.2) is 0 Å². The molecular formula is C17H16FN3. The van der Waals surface area contributed by atoms with Gasteiger partial charge >= 0.3 is 0 Å². The Hall–Kier alpha value is -2.46. The molecule has 0 amide bonds. The zero-order chi connectivity index (χ0) is 14.8. The molecule has 106 valence electrons. The molecule has 0 spiro atoms. The predicted molar refractivity (Wildman–Crippen MR) is 80.7 cm³/mol. The highest BCUT2D eigenvalue weighted by Gasteiger charge is 2.15. The third-order valence-electron chi connectivity index (χ3n) is 3.58. The van der Waals surface area contributed by atoms with Crippen molar-refractivity contribution in [3.8, 4) is 5.69 Å². The second-order valence-electron chi connectivity index (χ2n) is 5.01. The number of nitrogens with zero attached hydrogens (tertiary/aromatic N) is 2. The molecule has 0 saturated carbocycles. The van der Waals surface area contributed by atoms with Gasteiger partial charge in [-0.15, -0.1) is 0 Å². The molecule has 0 saturated heterocycles. The van der Waals surface area contributed by atoms with E-state index in [4.69, 9.17) is 5.73 Å². The van der Waals surface area contributed by atoms with Crippen molar-refractivity contribution in [3.63, 3.8) is 0 Å². The molecule has 4 heteroatoms. The van der Waals surface area contributed by atoms with Crippen LogP contribution in [0.1, 0.15) is 22.9 Å². The average molecular weight is 281 g/mol. The summed E-state index contributed by atoms with van der Waals surface area (Å²) < 4.78 is 15.6. The molecule has 0 aliphatic rings. The number of hydrogen-bond donors (Lipinski definition) is 1. The molecule has 1 heterocycles. The highest BCUT2D eigenvalue weighted by atomic mass is 19.1. The molecule has 0 fully saturated rings. The molecule has 3 aromatic rings. The minimum absolute atomic E-state index is 0.236. The summed E-state index contributed by atoms with van der Waals surface area (Å²) in [6, 6.07) is 14.6. The zero-order valence-electron chi connectivity index (χ0n) is 11.7. The van der Waals surface area contributed by atoms with Crippen LogP contribution in [0, 0.1) is 12.7 Å². The Morgan fingerprint density at radius 3 is 2.62 bits per heavy atom. The third-order valence-corrected chi connectivity index (χ3v) is 3.58. The van der Waals surface area contributed by atoms with Crippen molar-refractivity contribution in [2.24, 2.45) is 5.73 Å². The van der Waals surface area contributed by atoms with Crippen LogP contribution in [-0.2, 0) is 0 Å². The Morgan fingerprint density at radius 2 is 1.90 bits per heavy atom. The first-order valence-corrected chi connectivity index (χ1v) is 6.76. The summed E-state index contributed by atoms with van der Waals surface area (Å²) in [5.74, 6) is -0.236. The number of halogens is 1. The van der Waals surface area contributed by atoms with Crippen LogP contribution in [0.25, 0.3) is 5.69 Å². The lowest BCUT2D eigenvalue weighted by Crippen LogP contribution is -2.15. The average Bonchev–Trinajstić information content (AvgIpc) is 2.99. The van der Waals surface area contributed by atoms with Gasteiger partial charge in [0.25, 0.3) is 0 Å². The molecule has 0 radical (unpaired) electrons. The summed E-state index contributed by atoms with van der Waals surface area (Å²) in [7, 11) is 0. The number of benzene rings is 2. The van der Waals surface area contributed by atoms with Crippen LogP contribution in [0.3, 0.4) is 0 Å². The molecule has 3 nitrogen and oxygen atoms in total. The molecule has 3 rings (SSSR count). The predicted octanol–water partition coefficient (Wildman–Crippen LogP) is 3.37. The zero-order valence-corrected chi connectivity index (χ0v) is 11.7. The molecule has 1 unspecified atom stereocenters. The number of imidazole rings is 1. The second-order valence-corrected chi connectivity index (χ2v) is 5.01. The van der Waals surface area contributed by atoms with Gasteiger partial charge in [-0.05, 0) is 30.2 Å². The summed E-state index contributed by atoms with van der Waals surface area (Å²) in [6.07, 6.45) is 3.37. The number of aromatic nitrogens is 2. The lowest BCUT2D eigenvalue weighted by Gasteiger charge is -2.15. The van der Waals surface area contributed by atoms with E-state index in [2.05, 4.69) is 4.98 Å². The first-order chi connectivity index (χ1) is 10.2. The van der Waals surface area contributed by atoms with Crippen molar-refractivity contribution in [1.29, 1.82) is 0 Å². The Kier molecular flexibility index (Phi) is 3.54. The van der Waals surface area contributed by atoms with E-state index in [0.29, 0.717) is 5.56 Å². The van der Waals surface area contributed by atoms with Gasteiger partial charge in [-0.3, -0.25) is 0 Å². The van der Waals surface area contributed by atoms with Crippen molar-refractivity contribution in [2.75, 3.05) is 0 Å². The SMILES string of the molecule is Cc1ccc(-n2cncc2C(N)c2ccccc2)cc1F. The number of aryl methyl sites for hydroxylation is 1. The Bertz CT molecular complexity index is 750. The van der Waals surface area contributed by atoms with E-state index < -0.39 is 0 Å². The van der Waals surface area contributed by atoms with Crippen LogP contribution in [0.2, 0.25) is 0 Å². The Labute approximate surface area is 122 Å². The first-order valence-electron chi connectivity index (χ1n) is 6.76. The van der Waals surface area contributed by atoms with Gasteiger partial charge in [-0.25, -0.2) is 9.37 Å². The highest BCUT2D eigenvalue weighted by Crippen LogP contribution is 2.23. The Balaban J connectivity index is 2.03. The van der Waals surface area contributed by atoms with Crippen molar-refractivity contribution in [1.82, 2.24) is 9.55 Å².